The zero-order valence-corrected chi connectivity index (χ0v) is 11.5. The van der Waals surface area contributed by atoms with E-state index in [9.17, 15) is 0 Å². The lowest BCUT2D eigenvalue weighted by molar-refractivity contribution is 0.312. The molecule has 0 unspecified atom stereocenters. The van der Waals surface area contributed by atoms with E-state index in [0.29, 0.717) is 22.3 Å². The summed E-state index contributed by atoms with van der Waals surface area (Å²) in [6.07, 6.45) is 0. The molecule has 1 aromatic carbocycles. The average Bonchev–Trinajstić information content (AvgIpc) is 2.26. The molecule has 0 fully saturated rings. The van der Waals surface area contributed by atoms with Crippen LogP contribution < -0.4 is 15.8 Å². The highest BCUT2D eigenvalue weighted by molar-refractivity contribution is 6.35. The van der Waals surface area contributed by atoms with Crippen molar-refractivity contribution < 1.29 is 4.74 Å². The van der Waals surface area contributed by atoms with Gasteiger partial charge in [0.2, 0.25) is 11.9 Å². The molecule has 19 heavy (non-hydrogen) atoms. The molecule has 0 radical (unpaired) electrons. The minimum atomic E-state index is 0.0640. The van der Waals surface area contributed by atoms with E-state index < -0.39 is 0 Å². The maximum Gasteiger partial charge on any atom is 0.323 e. The summed E-state index contributed by atoms with van der Waals surface area (Å²) in [6.45, 7) is 2.26. The van der Waals surface area contributed by atoms with E-state index in [-0.39, 0.29) is 17.9 Å². The van der Waals surface area contributed by atoms with Gasteiger partial charge in [-0.25, -0.2) is 0 Å². The molecule has 3 N–H and O–H groups in total. The van der Waals surface area contributed by atoms with Gasteiger partial charge in [-0.15, -0.1) is 0 Å². The van der Waals surface area contributed by atoms with E-state index in [1.165, 1.54) is 0 Å². The highest BCUT2D eigenvalue weighted by Gasteiger charge is 2.06. The van der Waals surface area contributed by atoms with Crippen molar-refractivity contribution in [1.82, 2.24) is 15.0 Å². The number of halogens is 2. The van der Waals surface area contributed by atoms with Gasteiger partial charge in [-0.05, 0) is 25.1 Å². The SMILES string of the molecule is CCOc1nc(N)nc(Nc2cc(Cl)cc(Cl)c2)n1. The van der Waals surface area contributed by atoms with Crippen LogP contribution in [-0.2, 0) is 0 Å². The monoisotopic (exact) mass is 299 g/mol. The first-order valence-electron chi connectivity index (χ1n) is 5.44. The van der Waals surface area contributed by atoms with Crippen LogP contribution in [0.3, 0.4) is 0 Å². The van der Waals surface area contributed by atoms with Crippen LogP contribution in [0.4, 0.5) is 17.6 Å². The highest BCUT2D eigenvalue weighted by atomic mass is 35.5. The third-order valence-corrected chi connectivity index (χ3v) is 2.46. The molecule has 1 heterocycles. The van der Waals surface area contributed by atoms with Crippen molar-refractivity contribution >= 4 is 40.8 Å². The summed E-state index contributed by atoms with van der Waals surface area (Å²) in [5.74, 6) is 0.323. The third kappa shape index (κ3) is 3.84. The summed E-state index contributed by atoms with van der Waals surface area (Å²) in [4.78, 5) is 11.8. The van der Waals surface area contributed by atoms with Gasteiger partial charge in [-0.2, -0.15) is 15.0 Å². The van der Waals surface area contributed by atoms with Crippen molar-refractivity contribution in [2.45, 2.75) is 6.92 Å². The number of benzene rings is 1. The molecule has 0 aliphatic rings. The number of rotatable bonds is 4. The van der Waals surface area contributed by atoms with Crippen molar-refractivity contribution in [2.75, 3.05) is 17.7 Å². The van der Waals surface area contributed by atoms with Crippen LogP contribution in [-0.4, -0.2) is 21.6 Å². The number of nitrogens with zero attached hydrogens (tertiary/aromatic N) is 3. The maximum absolute atomic E-state index is 5.90. The Bertz CT molecular complexity index is 573. The Morgan fingerprint density at radius 1 is 1.16 bits per heavy atom. The lowest BCUT2D eigenvalue weighted by Crippen LogP contribution is -2.06. The molecule has 0 bridgehead atoms. The molecule has 8 heteroatoms. The Hall–Kier alpha value is -1.79. The quantitative estimate of drug-likeness (QED) is 0.903. The fourth-order valence-corrected chi connectivity index (χ4v) is 1.90. The second kappa shape index (κ2) is 5.90. The van der Waals surface area contributed by atoms with Crippen LogP contribution in [0.25, 0.3) is 0 Å². The molecule has 2 aromatic rings. The molecular weight excluding hydrogens is 289 g/mol. The van der Waals surface area contributed by atoms with Crippen LogP contribution in [0.15, 0.2) is 18.2 Å². The first kappa shape index (κ1) is 13.6. The number of nitrogens with two attached hydrogens (primary N) is 1. The van der Waals surface area contributed by atoms with Crippen LogP contribution in [0.1, 0.15) is 6.92 Å². The predicted molar refractivity (Wildman–Crippen MR) is 75.2 cm³/mol. The Labute approximate surface area is 119 Å². The first-order valence-corrected chi connectivity index (χ1v) is 6.20. The third-order valence-electron chi connectivity index (χ3n) is 2.02. The van der Waals surface area contributed by atoms with Crippen molar-refractivity contribution in [3.05, 3.63) is 28.2 Å². The van der Waals surface area contributed by atoms with Gasteiger partial charge in [0.25, 0.3) is 0 Å². The molecule has 0 aliphatic carbocycles. The predicted octanol–water partition coefficient (Wildman–Crippen LogP) is 2.90. The fourth-order valence-electron chi connectivity index (χ4n) is 1.38. The number of anilines is 3. The summed E-state index contributed by atoms with van der Waals surface area (Å²) < 4.78 is 5.18. The highest BCUT2D eigenvalue weighted by Crippen LogP contribution is 2.24. The van der Waals surface area contributed by atoms with Gasteiger partial charge < -0.3 is 15.8 Å². The molecule has 6 nitrogen and oxygen atoms in total. The van der Waals surface area contributed by atoms with E-state index in [4.69, 9.17) is 33.7 Å². The van der Waals surface area contributed by atoms with Crippen LogP contribution in [0, 0.1) is 0 Å². The van der Waals surface area contributed by atoms with Gasteiger partial charge in [-0.3, -0.25) is 0 Å². The topological polar surface area (TPSA) is 86.0 Å². The van der Waals surface area contributed by atoms with Crippen LogP contribution in [0.2, 0.25) is 10.0 Å². The van der Waals surface area contributed by atoms with E-state index in [1.807, 2.05) is 6.92 Å². The lowest BCUT2D eigenvalue weighted by Gasteiger charge is -2.08. The summed E-state index contributed by atoms with van der Waals surface area (Å²) in [6, 6.07) is 5.16. The molecule has 2 rings (SSSR count). The molecule has 0 saturated carbocycles. The molecule has 0 aliphatic heterocycles. The van der Waals surface area contributed by atoms with Crippen molar-refractivity contribution in [3.8, 4) is 6.01 Å². The summed E-state index contributed by atoms with van der Waals surface area (Å²) in [7, 11) is 0. The van der Waals surface area contributed by atoms with Gasteiger partial charge >= 0.3 is 6.01 Å². The molecule has 0 spiro atoms. The Balaban J connectivity index is 2.27. The van der Waals surface area contributed by atoms with Gasteiger partial charge in [0.05, 0.1) is 6.61 Å². The number of ether oxygens (including phenoxy) is 1. The molecule has 100 valence electrons. The van der Waals surface area contributed by atoms with E-state index >= 15 is 0 Å². The van der Waals surface area contributed by atoms with Crippen molar-refractivity contribution in [3.63, 3.8) is 0 Å². The van der Waals surface area contributed by atoms with E-state index in [1.54, 1.807) is 18.2 Å². The van der Waals surface area contributed by atoms with Crippen LogP contribution >= 0.6 is 23.2 Å². The van der Waals surface area contributed by atoms with Crippen molar-refractivity contribution in [1.29, 1.82) is 0 Å². The minimum absolute atomic E-state index is 0.0640. The van der Waals surface area contributed by atoms with Gasteiger partial charge in [0.1, 0.15) is 0 Å². The summed E-state index contributed by atoms with van der Waals surface area (Å²) in [5, 5.41) is 3.94. The Morgan fingerprint density at radius 2 is 1.84 bits per heavy atom. The van der Waals surface area contributed by atoms with E-state index in [0.717, 1.165) is 0 Å². The second-order valence-electron chi connectivity index (χ2n) is 3.52. The zero-order chi connectivity index (χ0) is 13.8. The molecule has 0 saturated heterocycles. The number of hydrogen-bond donors (Lipinski definition) is 2. The van der Waals surface area contributed by atoms with Gasteiger partial charge in [0.15, 0.2) is 0 Å². The second-order valence-corrected chi connectivity index (χ2v) is 4.39. The number of nitrogens with one attached hydrogen (secondary N) is 1. The minimum Gasteiger partial charge on any atom is -0.464 e. The molecule has 1 aromatic heterocycles. The average molecular weight is 300 g/mol. The molecule has 0 atom stereocenters. The van der Waals surface area contributed by atoms with Crippen LogP contribution in [0.5, 0.6) is 6.01 Å². The Kier molecular flexibility index (Phi) is 4.24. The number of nitrogen functional groups attached to an aromatic ring is 1. The zero-order valence-electron chi connectivity index (χ0n) is 10.0. The standard InChI is InChI=1S/C11H11Cl2N5O/c1-2-19-11-17-9(14)16-10(18-11)15-8-4-6(12)3-7(13)5-8/h3-5H,2H2,1H3,(H3,14,15,16,17,18). The number of hydrogen-bond acceptors (Lipinski definition) is 6. The number of aromatic nitrogens is 3. The van der Waals surface area contributed by atoms with Crippen molar-refractivity contribution in [2.24, 2.45) is 0 Å². The van der Waals surface area contributed by atoms with Gasteiger partial charge in [0, 0.05) is 15.7 Å². The maximum atomic E-state index is 5.90. The summed E-state index contributed by atoms with van der Waals surface area (Å²) >= 11 is 11.8. The van der Waals surface area contributed by atoms with Gasteiger partial charge in [-0.1, -0.05) is 23.2 Å². The first-order chi connectivity index (χ1) is 9.06. The van der Waals surface area contributed by atoms with E-state index in [2.05, 4.69) is 20.3 Å². The smallest absolute Gasteiger partial charge is 0.323 e. The summed E-state index contributed by atoms with van der Waals surface area (Å²) in [5.41, 5.74) is 6.21. The Morgan fingerprint density at radius 3 is 2.47 bits per heavy atom. The normalized spacial score (nSPS) is 10.3. The molecule has 0 amide bonds. The largest absolute Gasteiger partial charge is 0.464 e. The molecular formula is C11H11Cl2N5O. The lowest BCUT2D eigenvalue weighted by atomic mass is 10.3. The fraction of sp³-hybridized carbons (Fsp3) is 0.182.